The molecular formula is C33H22Cl2N2O8. The molecule has 2 aliphatic rings. The Balaban J connectivity index is 1.50. The number of phenolic OH excluding ortho intramolecular Hbond substituents is 4. The van der Waals surface area contributed by atoms with Crippen molar-refractivity contribution >= 4 is 45.5 Å². The Bertz CT molecular complexity index is 2260. The fourth-order valence-corrected chi connectivity index (χ4v) is 6.94. The number of hydrogen-bond acceptors (Lipinski definition) is 9. The molecule has 1 heterocycles. The normalized spacial score (nSPS) is 13.3. The molecule has 4 N–H and O–H groups in total. The molecule has 45 heavy (non-hydrogen) atoms. The standard InChI is InChI=1S/C33H22Cl2N2O8/c1-12-20(38)9-16-24(27(12)39)31(43)26-25(28(16)40)30(42)23-15(32(26)45-2)7-6-13-8-14-10-36-37(33(44)22(14)29(41)21(13)23)11-17-18(34)4-3-5-19(17)35/h3-5,8-10,38-39,41-42H,6-7,11H2,1-2H3. The number of hydrogen-bond donors (Lipinski definition) is 4. The molecule has 0 unspecified atom stereocenters. The van der Waals surface area contributed by atoms with Gasteiger partial charge in [0.2, 0.25) is 5.78 Å². The van der Waals surface area contributed by atoms with Gasteiger partial charge < -0.3 is 25.2 Å². The fourth-order valence-electron chi connectivity index (χ4n) is 6.42. The van der Waals surface area contributed by atoms with E-state index >= 15 is 0 Å². The van der Waals surface area contributed by atoms with E-state index in [0.717, 1.165) is 10.7 Å². The first-order valence-corrected chi connectivity index (χ1v) is 14.5. The molecule has 10 nitrogen and oxygen atoms in total. The fraction of sp³-hybridized carbons (Fsp3) is 0.152. The number of phenols is 4. The Morgan fingerprint density at radius 1 is 0.867 bits per heavy atom. The average Bonchev–Trinajstić information content (AvgIpc) is 3.01. The van der Waals surface area contributed by atoms with Crippen LogP contribution in [0.5, 0.6) is 28.7 Å². The molecule has 0 aliphatic heterocycles. The number of aromatic hydroxyl groups is 4. The molecule has 0 fully saturated rings. The van der Waals surface area contributed by atoms with E-state index in [4.69, 9.17) is 27.9 Å². The van der Waals surface area contributed by atoms with Gasteiger partial charge >= 0.3 is 0 Å². The summed E-state index contributed by atoms with van der Waals surface area (Å²) in [5.74, 6) is -3.61. The lowest BCUT2D eigenvalue weighted by molar-refractivity contribution is 0.0971. The van der Waals surface area contributed by atoms with Crippen LogP contribution in [0.3, 0.4) is 0 Å². The van der Waals surface area contributed by atoms with Gasteiger partial charge in [0.1, 0.15) is 28.7 Å². The van der Waals surface area contributed by atoms with Crippen LogP contribution in [0, 0.1) is 6.92 Å². The third-order valence-corrected chi connectivity index (χ3v) is 9.35. The number of ketones is 2. The smallest absolute Gasteiger partial charge is 0.278 e. The van der Waals surface area contributed by atoms with Gasteiger partial charge in [-0.1, -0.05) is 29.3 Å². The van der Waals surface area contributed by atoms with Crippen LogP contribution in [0.25, 0.3) is 21.9 Å². The van der Waals surface area contributed by atoms with Crippen molar-refractivity contribution in [3.63, 3.8) is 0 Å². The molecule has 0 bridgehead atoms. The zero-order chi connectivity index (χ0) is 32.1. The molecular weight excluding hydrogens is 623 g/mol. The molecule has 12 heteroatoms. The number of halogens is 2. The van der Waals surface area contributed by atoms with Crippen molar-refractivity contribution in [1.82, 2.24) is 9.78 Å². The van der Waals surface area contributed by atoms with Crippen LogP contribution in [0.15, 0.2) is 41.3 Å². The van der Waals surface area contributed by atoms with Gasteiger partial charge in [0, 0.05) is 48.8 Å². The highest BCUT2D eigenvalue weighted by molar-refractivity contribution is 6.36. The van der Waals surface area contributed by atoms with Crippen molar-refractivity contribution < 1.29 is 34.8 Å². The van der Waals surface area contributed by atoms with Crippen molar-refractivity contribution in [2.75, 3.05) is 7.11 Å². The molecule has 0 radical (unpaired) electrons. The number of nitrogens with zero attached hydrogens (tertiary/aromatic N) is 2. The highest BCUT2D eigenvalue weighted by atomic mass is 35.5. The summed E-state index contributed by atoms with van der Waals surface area (Å²) in [5.41, 5.74) is -0.370. The van der Waals surface area contributed by atoms with E-state index in [-0.39, 0.29) is 57.5 Å². The number of carbonyl (C=O) groups excluding carboxylic acids is 2. The number of ether oxygens (including phenoxy) is 1. The van der Waals surface area contributed by atoms with Gasteiger partial charge in [-0.05, 0) is 49.6 Å². The number of rotatable bonds is 3. The van der Waals surface area contributed by atoms with Crippen LogP contribution in [0.1, 0.15) is 54.1 Å². The molecule has 0 atom stereocenters. The molecule has 226 valence electrons. The van der Waals surface area contributed by atoms with E-state index < -0.39 is 45.7 Å². The average molecular weight is 645 g/mol. The quantitative estimate of drug-likeness (QED) is 0.197. The van der Waals surface area contributed by atoms with Gasteiger partial charge in [0.25, 0.3) is 5.56 Å². The minimum absolute atomic E-state index is 0.00224. The van der Waals surface area contributed by atoms with Crippen LogP contribution in [0.4, 0.5) is 0 Å². The molecule has 4 aromatic carbocycles. The largest absolute Gasteiger partial charge is 0.508 e. The topological polar surface area (TPSA) is 159 Å². The van der Waals surface area contributed by atoms with Crippen LogP contribution in [-0.4, -0.2) is 48.9 Å². The van der Waals surface area contributed by atoms with E-state index in [0.29, 0.717) is 38.5 Å². The Morgan fingerprint density at radius 2 is 1.58 bits per heavy atom. The maximum atomic E-state index is 13.8. The Labute approximate surface area is 264 Å². The maximum absolute atomic E-state index is 13.8. The second kappa shape index (κ2) is 9.98. The third kappa shape index (κ3) is 3.89. The van der Waals surface area contributed by atoms with Gasteiger partial charge in [-0.15, -0.1) is 0 Å². The van der Waals surface area contributed by atoms with Crippen molar-refractivity contribution in [2.24, 2.45) is 0 Å². The van der Waals surface area contributed by atoms with Crippen molar-refractivity contribution in [1.29, 1.82) is 0 Å². The Kier molecular flexibility index (Phi) is 6.36. The number of aryl methyl sites for hydroxylation is 1. The first kappa shape index (κ1) is 28.7. The molecule has 5 aromatic rings. The lowest BCUT2D eigenvalue weighted by Crippen LogP contribution is -2.25. The summed E-state index contributed by atoms with van der Waals surface area (Å²) in [6, 6.07) is 7.68. The summed E-state index contributed by atoms with van der Waals surface area (Å²) in [4.78, 5) is 41.4. The first-order chi connectivity index (χ1) is 21.5. The number of fused-ring (bicyclic) bond motifs is 6. The van der Waals surface area contributed by atoms with Crippen LogP contribution in [-0.2, 0) is 19.4 Å². The molecule has 0 amide bonds. The summed E-state index contributed by atoms with van der Waals surface area (Å²) >= 11 is 12.6. The van der Waals surface area contributed by atoms with E-state index in [1.54, 1.807) is 24.3 Å². The van der Waals surface area contributed by atoms with Gasteiger partial charge in [-0.25, -0.2) is 4.68 Å². The minimum Gasteiger partial charge on any atom is -0.508 e. The molecule has 2 aliphatic carbocycles. The van der Waals surface area contributed by atoms with Crippen LogP contribution < -0.4 is 10.3 Å². The Morgan fingerprint density at radius 3 is 2.27 bits per heavy atom. The summed E-state index contributed by atoms with van der Waals surface area (Å²) in [6.07, 6.45) is 2.02. The predicted molar refractivity (Wildman–Crippen MR) is 166 cm³/mol. The number of benzene rings is 4. The number of carbonyl (C=O) groups is 2. The van der Waals surface area contributed by atoms with E-state index in [1.165, 1.54) is 20.2 Å². The SMILES string of the molecule is COc1c2c(c(O)c3c1C(=O)c1c(cc(O)c(C)c1O)C3=O)-c1c(cc3cnn(Cc4c(Cl)cccc4Cl)c(=O)c3c1O)CC2. The zero-order valence-electron chi connectivity index (χ0n) is 23.7. The highest BCUT2D eigenvalue weighted by Crippen LogP contribution is 2.54. The third-order valence-electron chi connectivity index (χ3n) is 8.64. The number of aromatic nitrogens is 2. The van der Waals surface area contributed by atoms with Gasteiger partial charge in [-0.2, -0.15) is 5.10 Å². The van der Waals surface area contributed by atoms with Crippen molar-refractivity contribution in [3.05, 3.63) is 101 Å². The molecule has 1 aromatic heterocycles. The predicted octanol–water partition coefficient (Wildman–Crippen LogP) is 5.43. The molecule has 0 saturated heterocycles. The van der Waals surface area contributed by atoms with E-state index in [9.17, 15) is 34.8 Å². The second-order valence-corrected chi connectivity index (χ2v) is 11.8. The summed E-state index contributed by atoms with van der Waals surface area (Å²) < 4.78 is 6.78. The van der Waals surface area contributed by atoms with E-state index in [1.807, 2.05) is 0 Å². The monoisotopic (exact) mass is 644 g/mol. The second-order valence-electron chi connectivity index (χ2n) is 11.0. The van der Waals surface area contributed by atoms with Crippen molar-refractivity contribution in [3.8, 4) is 39.9 Å². The van der Waals surface area contributed by atoms with Crippen LogP contribution in [0.2, 0.25) is 10.0 Å². The van der Waals surface area contributed by atoms with Crippen molar-refractivity contribution in [2.45, 2.75) is 26.3 Å². The highest BCUT2D eigenvalue weighted by Gasteiger charge is 2.42. The van der Waals surface area contributed by atoms with Crippen LogP contribution >= 0.6 is 23.2 Å². The lowest BCUT2D eigenvalue weighted by Gasteiger charge is -2.29. The van der Waals surface area contributed by atoms with Gasteiger partial charge in [0.05, 0.1) is 41.9 Å². The Hall–Kier alpha value is -5.06. The lowest BCUT2D eigenvalue weighted by atomic mass is 9.75. The first-order valence-electron chi connectivity index (χ1n) is 13.7. The minimum atomic E-state index is -0.834. The molecule has 0 saturated carbocycles. The van der Waals surface area contributed by atoms with Gasteiger partial charge in [0.15, 0.2) is 5.78 Å². The molecule has 0 spiro atoms. The summed E-state index contributed by atoms with van der Waals surface area (Å²) in [7, 11) is 1.31. The summed E-state index contributed by atoms with van der Waals surface area (Å²) in [6.45, 7) is 1.32. The number of methoxy groups -OCH3 is 1. The zero-order valence-corrected chi connectivity index (χ0v) is 25.2. The van der Waals surface area contributed by atoms with E-state index in [2.05, 4.69) is 5.10 Å². The van der Waals surface area contributed by atoms with Gasteiger partial charge in [-0.3, -0.25) is 14.4 Å². The summed E-state index contributed by atoms with van der Waals surface area (Å²) in [5, 5.41) is 49.7. The maximum Gasteiger partial charge on any atom is 0.278 e. The molecule has 7 rings (SSSR count).